The third-order valence-electron chi connectivity index (χ3n) is 4.54. The Morgan fingerprint density at radius 1 is 1.18 bits per heavy atom. The van der Waals surface area contributed by atoms with Crippen molar-refractivity contribution in [1.82, 2.24) is 0 Å². The van der Waals surface area contributed by atoms with E-state index in [1.54, 1.807) is 19.3 Å². The van der Waals surface area contributed by atoms with Gasteiger partial charge in [-0.2, -0.15) is 0 Å². The lowest BCUT2D eigenvalue weighted by atomic mass is 9.93. The summed E-state index contributed by atoms with van der Waals surface area (Å²) in [6, 6.07) is 0. The average molecular weight is 150 g/mol. The first-order chi connectivity index (χ1) is 5.42. The maximum atomic E-state index is 2.32. The van der Waals surface area contributed by atoms with Crippen molar-refractivity contribution in [3.8, 4) is 0 Å². The highest BCUT2D eigenvalue weighted by Gasteiger charge is 2.67. The van der Waals surface area contributed by atoms with Gasteiger partial charge >= 0.3 is 0 Å². The monoisotopic (exact) mass is 150 g/mol. The highest BCUT2D eigenvalue weighted by molar-refractivity contribution is 5.15. The van der Waals surface area contributed by atoms with E-state index in [1.807, 2.05) is 0 Å². The smallest absolute Gasteiger partial charge is 0.0321 e. The number of hydrogen-bond acceptors (Lipinski definition) is 0. The molecule has 0 aromatic heterocycles. The molecule has 0 aromatic carbocycles. The molecular formula is C11H18. The molecule has 0 nitrogen and oxygen atoms in total. The zero-order valence-electron chi connectivity index (χ0n) is 7.42. The van der Waals surface area contributed by atoms with Crippen LogP contribution in [0.2, 0.25) is 0 Å². The third kappa shape index (κ3) is 0.711. The Balaban J connectivity index is 1.64. The minimum Gasteiger partial charge on any atom is -0.0654 e. The molecule has 0 N–H and O–H groups in total. The van der Waals surface area contributed by atoms with Gasteiger partial charge in [0.2, 0.25) is 0 Å². The van der Waals surface area contributed by atoms with Gasteiger partial charge in [-0.25, -0.2) is 0 Å². The van der Waals surface area contributed by atoms with E-state index in [0.717, 1.165) is 0 Å². The molecule has 4 aliphatic rings. The highest BCUT2D eigenvalue weighted by atomic mass is 14.7. The van der Waals surface area contributed by atoms with Gasteiger partial charge in [-0.15, -0.1) is 0 Å². The van der Waals surface area contributed by atoms with Crippen LogP contribution >= 0.6 is 0 Å². The molecule has 4 fully saturated rings. The summed E-state index contributed by atoms with van der Waals surface area (Å²) in [6.07, 6.45) is 7.73. The lowest BCUT2D eigenvalue weighted by molar-refractivity contribution is 0.373. The molecule has 0 spiro atoms. The van der Waals surface area contributed by atoms with E-state index in [4.69, 9.17) is 0 Å². The third-order valence-corrected chi connectivity index (χ3v) is 4.54. The molecule has 0 heterocycles. The predicted octanol–water partition coefficient (Wildman–Crippen LogP) is 3.08. The summed E-state index contributed by atoms with van der Waals surface area (Å²) in [5, 5.41) is 0. The summed E-state index contributed by atoms with van der Waals surface area (Å²) >= 11 is 0. The van der Waals surface area contributed by atoms with Crippen LogP contribution in [0.15, 0.2) is 0 Å². The zero-order valence-corrected chi connectivity index (χ0v) is 7.42. The van der Waals surface area contributed by atoms with E-state index in [2.05, 4.69) is 6.92 Å². The normalized spacial score (nSPS) is 57.0. The van der Waals surface area contributed by atoms with Crippen LogP contribution < -0.4 is 0 Å². The Kier molecular flexibility index (Phi) is 1.20. The first kappa shape index (κ1) is 6.51. The van der Waals surface area contributed by atoms with E-state index in [9.17, 15) is 0 Å². The minimum absolute atomic E-state index is 1.20. The first-order valence-corrected chi connectivity index (χ1v) is 5.42. The number of hydrogen-bond donors (Lipinski definition) is 0. The lowest BCUT2D eigenvalue weighted by Gasteiger charge is -2.13. The van der Waals surface area contributed by atoms with Crippen LogP contribution in [0, 0.1) is 29.6 Å². The first-order valence-electron chi connectivity index (χ1n) is 5.42. The molecule has 11 heavy (non-hydrogen) atoms. The van der Waals surface area contributed by atoms with Crippen molar-refractivity contribution in [1.29, 1.82) is 0 Å². The van der Waals surface area contributed by atoms with Crippen LogP contribution in [0.25, 0.3) is 0 Å². The molecule has 4 saturated carbocycles. The second-order valence-corrected chi connectivity index (χ2v) is 4.94. The minimum atomic E-state index is 1.20. The molecule has 0 aliphatic heterocycles. The summed E-state index contributed by atoms with van der Waals surface area (Å²) in [5.74, 6) is 6.11. The largest absolute Gasteiger partial charge is 0.0654 e. The van der Waals surface area contributed by atoms with Gasteiger partial charge in [0.25, 0.3) is 0 Å². The molecule has 0 amide bonds. The van der Waals surface area contributed by atoms with Gasteiger partial charge in [0.05, 0.1) is 0 Å². The van der Waals surface area contributed by atoms with Crippen molar-refractivity contribution in [2.75, 3.05) is 0 Å². The lowest BCUT2D eigenvalue weighted by Crippen LogP contribution is -2.04. The summed E-state index contributed by atoms with van der Waals surface area (Å²) in [5.41, 5.74) is 0. The summed E-state index contributed by atoms with van der Waals surface area (Å²) in [7, 11) is 0. The van der Waals surface area contributed by atoms with Crippen LogP contribution in [-0.4, -0.2) is 0 Å². The van der Waals surface area contributed by atoms with E-state index in [-0.39, 0.29) is 0 Å². The van der Waals surface area contributed by atoms with Gasteiger partial charge in [-0.1, -0.05) is 19.8 Å². The Bertz CT molecular complexity index is 159. The average Bonchev–Trinajstić information content (AvgIpc) is 2.47. The van der Waals surface area contributed by atoms with Gasteiger partial charge in [0, 0.05) is 0 Å². The van der Waals surface area contributed by atoms with Crippen molar-refractivity contribution in [3.63, 3.8) is 0 Å². The van der Waals surface area contributed by atoms with Crippen LogP contribution in [0.4, 0.5) is 0 Å². The van der Waals surface area contributed by atoms with Gasteiger partial charge in [-0.05, 0) is 48.9 Å². The number of unbranched alkanes of at least 4 members (excludes halogenated alkanes) is 1. The maximum Gasteiger partial charge on any atom is -0.0321 e. The summed E-state index contributed by atoms with van der Waals surface area (Å²) < 4.78 is 0. The molecular weight excluding hydrogens is 132 g/mol. The van der Waals surface area contributed by atoms with Crippen molar-refractivity contribution < 1.29 is 0 Å². The van der Waals surface area contributed by atoms with Crippen molar-refractivity contribution in [3.05, 3.63) is 0 Å². The fourth-order valence-electron chi connectivity index (χ4n) is 4.10. The van der Waals surface area contributed by atoms with E-state index in [0.29, 0.717) is 0 Å². The molecule has 0 heteroatoms. The predicted molar refractivity (Wildman–Crippen MR) is 46.2 cm³/mol. The molecule has 0 radical (unpaired) electrons. The Hall–Kier alpha value is 0. The van der Waals surface area contributed by atoms with Crippen LogP contribution in [-0.2, 0) is 0 Å². The Morgan fingerprint density at radius 2 is 1.91 bits per heavy atom. The van der Waals surface area contributed by atoms with Crippen LogP contribution in [0.3, 0.4) is 0 Å². The van der Waals surface area contributed by atoms with E-state index < -0.39 is 0 Å². The molecule has 62 valence electrons. The van der Waals surface area contributed by atoms with Crippen molar-refractivity contribution in [2.45, 2.75) is 39.0 Å². The maximum absolute atomic E-state index is 2.32. The Morgan fingerprint density at radius 3 is 2.36 bits per heavy atom. The van der Waals surface area contributed by atoms with Crippen molar-refractivity contribution in [2.24, 2.45) is 29.6 Å². The van der Waals surface area contributed by atoms with Gasteiger partial charge in [0.1, 0.15) is 0 Å². The van der Waals surface area contributed by atoms with Gasteiger partial charge < -0.3 is 0 Å². The molecule has 4 bridgehead atoms. The second-order valence-electron chi connectivity index (χ2n) is 4.94. The molecule has 0 aromatic rings. The second kappa shape index (κ2) is 2.02. The van der Waals surface area contributed by atoms with Gasteiger partial charge in [-0.3, -0.25) is 0 Å². The fourth-order valence-corrected chi connectivity index (χ4v) is 4.10. The van der Waals surface area contributed by atoms with Gasteiger partial charge in [0.15, 0.2) is 0 Å². The van der Waals surface area contributed by atoms with Crippen molar-refractivity contribution >= 4 is 0 Å². The summed E-state index contributed by atoms with van der Waals surface area (Å²) in [4.78, 5) is 0. The zero-order chi connectivity index (χ0) is 7.42. The molecule has 0 unspecified atom stereocenters. The highest BCUT2D eigenvalue weighted by Crippen LogP contribution is 2.74. The summed E-state index contributed by atoms with van der Waals surface area (Å²) in [6.45, 7) is 2.32. The fraction of sp³-hybridized carbons (Fsp3) is 1.00. The quantitative estimate of drug-likeness (QED) is 0.580. The molecule has 4 rings (SSSR count). The molecule has 4 aliphatic carbocycles. The standard InChI is InChI=1S/C11H18/c1-2-3-4-8-7-5-9-10(6-7)11(8)9/h7-11H,2-6H2,1H3/t7?,8-,9+,10+,11?/m1/s1. The molecule has 0 saturated heterocycles. The van der Waals surface area contributed by atoms with Crippen LogP contribution in [0.1, 0.15) is 39.0 Å². The number of rotatable bonds is 3. The SMILES string of the molecule is CCCC[C@@H]1C2C[C@@H]3C1[C@H]3C2. The van der Waals surface area contributed by atoms with Crippen LogP contribution in [0.5, 0.6) is 0 Å². The molecule has 3 atom stereocenters. The van der Waals surface area contributed by atoms with E-state index in [1.165, 1.54) is 42.4 Å². The topological polar surface area (TPSA) is 0 Å². The Labute approximate surface area is 69.4 Å². The van der Waals surface area contributed by atoms with E-state index >= 15 is 0 Å².